The molecule has 1 rings (SSSR count). The molecule has 1 aromatic rings. The van der Waals surface area contributed by atoms with Crippen molar-refractivity contribution >= 4 is 41.8 Å². The molecule has 3 amide bonds. The van der Waals surface area contributed by atoms with Crippen LogP contribution in [0.5, 0.6) is 0 Å². The highest BCUT2D eigenvalue weighted by Crippen LogP contribution is 2.14. The molecule has 0 aliphatic carbocycles. The number of alkyl carbamates (subject to hydrolysis) is 1. The third-order valence-corrected chi connectivity index (χ3v) is 8.56. The molecule has 0 aliphatic rings. The first-order valence-electron chi connectivity index (χ1n) is 23.3. The van der Waals surface area contributed by atoms with E-state index in [9.17, 15) is 33.6 Å². The van der Waals surface area contributed by atoms with E-state index in [1.54, 1.807) is 143 Å². The smallest absolute Gasteiger partial charge is 0.408 e. The molecule has 0 saturated heterocycles. The van der Waals surface area contributed by atoms with E-state index in [4.69, 9.17) is 28.5 Å². The molecule has 0 aliphatic heterocycles. The summed E-state index contributed by atoms with van der Waals surface area (Å²) in [5.74, 6) is -2.94. The number of benzene rings is 1. The lowest BCUT2D eigenvalue weighted by atomic mass is 10.0. The normalized spacial score (nSPS) is 13.0. The van der Waals surface area contributed by atoms with E-state index < -0.39 is 69.9 Å². The summed E-state index contributed by atoms with van der Waals surface area (Å²) in [7, 11) is 0. The average molecular weight is 965 g/mol. The van der Waals surface area contributed by atoms with Crippen molar-refractivity contribution in [1.29, 1.82) is 0 Å². The van der Waals surface area contributed by atoms with Gasteiger partial charge < -0.3 is 34.3 Å². The van der Waals surface area contributed by atoms with Gasteiger partial charge in [-0.05, 0) is 127 Å². The van der Waals surface area contributed by atoms with Crippen LogP contribution in [-0.4, -0.2) is 149 Å². The summed E-state index contributed by atoms with van der Waals surface area (Å²) in [6.45, 7) is 29.8. The standard InChI is InChI=1S/C49H84N6O13/c1-34(2)26-37(51-44(62)68-49(15,16)17)43(61)52-63-33-36-20-18-35(19-21-36)27-50-38(56)28-53(22-24-54(29-39(57)64-45(3,4)5)30-40(58)65-46(6,7)8)23-25-55(31-41(59)66-47(9,10)11)32-42(60)67-48(12,13)14/h18-21,34,37H,22-33H2,1-17H3,(H,50,56)(H,51,62)(H,52,61)/t37-/m1/s1. The number of rotatable bonds is 25. The van der Waals surface area contributed by atoms with E-state index >= 15 is 0 Å². The lowest BCUT2D eigenvalue weighted by molar-refractivity contribution is -0.162. The molecule has 0 aromatic heterocycles. The van der Waals surface area contributed by atoms with Gasteiger partial charge in [0.1, 0.15) is 34.0 Å². The number of ether oxygens (including phenoxy) is 5. The Labute approximate surface area is 405 Å². The van der Waals surface area contributed by atoms with E-state index in [0.29, 0.717) is 6.42 Å². The predicted octanol–water partition coefficient (Wildman–Crippen LogP) is 5.06. The number of esters is 4. The van der Waals surface area contributed by atoms with Gasteiger partial charge in [-0.25, -0.2) is 10.3 Å². The minimum atomic E-state index is -0.867. The Morgan fingerprint density at radius 2 is 0.853 bits per heavy atom. The zero-order valence-corrected chi connectivity index (χ0v) is 44.1. The molecule has 19 nitrogen and oxygen atoms in total. The molecule has 0 radical (unpaired) electrons. The molecule has 0 saturated carbocycles. The van der Waals surface area contributed by atoms with Crippen LogP contribution in [0.1, 0.15) is 135 Å². The minimum absolute atomic E-state index is 0.0337. The van der Waals surface area contributed by atoms with Gasteiger partial charge in [-0.2, -0.15) is 0 Å². The Hall–Kier alpha value is -4.85. The summed E-state index contributed by atoms with van der Waals surface area (Å²) in [6, 6.07) is 6.33. The van der Waals surface area contributed by atoms with Gasteiger partial charge in [0.2, 0.25) is 5.91 Å². The summed E-state index contributed by atoms with van der Waals surface area (Å²) in [6.07, 6.45) is -0.336. The van der Waals surface area contributed by atoms with Crippen LogP contribution in [0.4, 0.5) is 4.79 Å². The second-order valence-corrected chi connectivity index (χ2v) is 22.2. The molecule has 0 unspecified atom stereocenters. The average Bonchev–Trinajstić information content (AvgIpc) is 3.10. The van der Waals surface area contributed by atoms with Gasteiger partial charge in [-0.3, -0.25) is 48.3 Å². The van der Waals surface area contributed by atoms with Crippen molar-refractivity contribution in [2.24, 2.45) is 5.92 Å². The number of amides is 3. The lowest BCUT2D eigenvalue weighted by Crippen LogP contribution is -2.48. The molecule has 0 spiro atoms. The number of carbonyl (C=O) groups excluding carboxylic acids is 7. The van der Waals surface area contributed by atoms with E-state index in [1.165, 1.54) is 0 Å². The van der Waals surface area contributed by atoms with Crippen LogP contribution in [0.15, 0.2) is 24.3 Å². The Bertz CT molecular complexity index is 1660. The van der Waals surface area contributed by atoms with Crippen molar-refractivity contribution in [3.8, 4) is 0 Å². The summed E-state index contributed by atoms with van der Waals surface area (Å²) in [5, 5.41) is 5.54. The van der Waals surface area contributed by atoms with Gasteiger partial charge in [0.25, 0.3) is 5.91 Å². The summed E-state index contributed by atoms with van der Waals surface area (Å²) in [5.41, 5.74) is 0.128. The first kappa shape index (κ1) is 61.2. The highest BCUT2D eigenvalue weighted by molar-refractivity contribution is 5.85. The highest BCUT2D eigenvalue weighted by Gasteiger charge is 2.28. The fourth-order valence-electron chi connectivity index (χ4n) is 6.12. The Balaban J connectivity index is 3.22. The molecule has 1 aromatic carbocycles. The van der Waals surface area contributed by atoms with Crippen LogP contribution in [0, 0.1) is 5.92 Å². The number of carbonyl (C=O) groups is 7. The van der Waals surface area contributed by atoms with Crippen molar-refractivity contribution in [2.75, 3.05) is 58.9 Å². The monoisotopic (exact) mass is 965 g/mol. The van der Waals surface area contributed by atoms with Crippen LogP contribution in [0.3, 0.4) is 0 Å². The third-order valence-electron chi connectivity index (χ3n) is 8.56. The Kier molecular flexibility index (Phi) is 24.6. The van der Waals surface area contributed by atoms with Gasteiger partial charge >= 0.3 is 30.0 Å². The zero-order chi connectivity index (χ0) is 52.3. The van der Waals surface area contributed by atoms with Gasteiger partial charge in [0, 0.05) is 32.7 Å². The number of nitrogens with zero attached hydrogens (tertiary/aromatic N) is 3. The van der Waals surface area contributed by atoms with Crippen LogP contribution >= 0.6 is 0 Å². The topological polar surface area (TPSA) is 221 Å². The second-order valence-electron chi connectivity index (χ2n) is 22.2. The van der Waals surface area contributed by atoms with Crippen molar-refractivity contribution in [3.05, 3.63) is 35.4 Å². The number of hydrogen-bond acceptors (Lipinski definition) is 16. The van der Waals surface area contributed by atoms with Crippen LogP contribution < -0.4 is 16.1 Å². The van der Waals surface area contributed by atoms with E-state index in [2.05, 4.69) is 16.1 Å². The van der Waals surface area contributed by atoms with Crippen molar-refractivity contribution in [2.45, 2.75) is 171 Å². The maximum absolute atomic E-state index is 13.6. The zero-order valence-electron chi connectivity index (χ0n) is 44.1. The summed E-state index contributed by atoms with van der Waals surface area (Å²) >= 11 is 0. The fourth-order valence-corrected chi connectivity index (χ4v) is 6.12. The molecule has 388 valence electrons. The maximum Gasteiger partial charge on any atom is 0.408 e. The molecule has 3 N–H and O–H groups in total. The molecular formula is C49H84N6O13. The van der Waals surface area contributed by atoms with Gasteiger partial charge in [0.05, 0.1) is 39.3 Å². The number of hydrogen-bond donors (Lipinski definition) is 3. The fraction of sp³-hybridized carbons (Fsp3) is 0.735. The summed E-state index contributed by atoms with van der Waals surface area (Å²) in [4.78, 5) is 101. The lowest BCUT2D eigenvalue weighted by Gasteiger charge is -2.30. The number of hydroxylamine groups is 1. The van der Waals surface area contributed by atoms with Crippen LogP contribution in [0.2, 0.25) is 0 Å². The minimum Gasteiger partial charge on any atom is -0.459 e. The van der Waals surface area contributed by atoms with E-state index in [1.807, 2.05) is 13.8 Å². The first-order valence-corrected chi connectivity index (χ1v) is 23.3. The Morgan fingerprint density at radius 3 is 1.21 bits per heavy atom. The molecule has 68 heavy (non-hydrogen) atoms. The molecule has 1 atom stereocenters. The molecule has 0 fully saturated rings. The quantitative estimate of drug-likeness (QED) is 0.0662. The van der Waals surface area contributed by atoms with Crippen LogP contribution in [0.25, 0.3) is 0 Å². The highest BCUT2D eigenvalue weighted by atomic mass is 16.7. The number of nitrogens with one attached hydrogen (secondary N) is 3. The largest absolute Gasteiger partial charge is 0.459 e. The maximum atomic E-state index is 13.6. The van der Waals surface area contributed by atoms with Crippen LogP contribution in [-0.2, 0) is 70.4 Å². The van der Waals surface area contributed by atoms with Gasteiger partial charge in [0.15, 0.2) is 0 Å². The van der Waals surface area contributed by atoms with E-state index in [-0.39, 0.29) is 83.9 Å². The third kappa shape index (κ3) is 32.0. The van der Waals surface area contributed by atoms with Crippen molar-refractivity contribution in [1.82, 2.24) is 30.8 Å². The van der Waals surface area contributed by atoms with Crippen molar-refractivity contribution < 1.29 is 62.1 Å². The van der Waals surface area contributed by atoms with Crippen molar-refractivity contribution in [3.63, 3.8) is 0 Å². The SMILES string of the molecule is CC(C)C[C@@H](NC(=O)OC(C)(C)C)C(=O)NOCc1ccc(CNC(=O)CN(CCN(CC(=O)OC(C)(C)C)CC(=O)OC(C)(C)C)CCN(CC(=O)OC(C)(C)C)CC(=O)OC(C)(C)C)cc1. The second kappa shape index (κ2) is 27.4. The first-order chi connectivity index (χ1) is 31.0. The van der Waals surface area contributed by atoms with Gasteiger partial charge in [-0.1, -0.05) is 38.1 Å². The summed E-state index contributed by atoms with van der Waals surface area (Å²) < 4.78 is 27.5. The molecule has 0 heterocycles. The Morgan fingerprint density at radius 1 is 0.500 bits per heavy atom. The molecular weight excluding hydrogens is 881 g/mol. The predicted molar refractivity (Wildman–Crippen MR) is 257 cm³/mol. The molecule has 19 heteroatoms. The van der Waals surface area contributed by atoms with E-state index in [0.717, 1.165) is 11.1 Å². The van der Waals surface area contributed by atoms with Gasteiger partial charge in [-0.15, -0.1) is 0 Å². The molecule has 0 bridgehead atoms.